The van der Waals surface area contributed by atoms with Crippen molar-refractivity contribution in [1.29, 1.82) is 0 Å². The molecule has 2 heterocycles. The Balaban J connectivity index is 2.55. The second-order valence-corrected chi connectivity index (χ2v) is 3.20. The molecule has 0 aliphatic heterocycles. The largest absolute Gasteiger partial charge is 0.345 e. The maximum Gasteiger partial charge on any atom is 0.126 e. The molecule has 2 rings (SSSR count). The summed E-state index contributed by atoms with van der Waals surface area (Å²) in [6.45, 7) is 5.12. The van der Waals surface area contributed by atoms with Gasteiger partial charge in [-0.15, -0.1) is 0 Å². The van der Waals surface area contributed by atoms with Crippen molar-refractivity contribution in [1.82, 2.24) is 14.5 Å². The standard InChI is InChI=1S/C10H13N3/c1-3-5-13-6-4-9-10(13)7-11-8(2)12-9/h4,6-7H,3,5H2,1-2H3. The molecule has 0 N–H and O–H groups in total. The molecule has 3 heteroatoms. The van der Waals surface area contributed by atoms with Crippen molar-refractivity contribution < 1.29 is 0 Å². The fraction of sp³-hybridized carbons (Fsp3) is 0.400. The third kappa shape index (κ3) is 1.41. The van der Waals surface area contributed by atoms with Gasteiger partial charge in [-0.2, -0.15) is 0 Å². The van der Waals surface area contributed by atoms with E-state index in [1.807, 2.05) is 19.2 Å². The van der Waals surface area contributed by atoms with Gasteiger partial charge in [0.1, 0.15) is 5.82 Å². The number of aromatic nitrogens is 3. The van der Waals surface area contributed by atoms with Crippen molar-refractivity contribution in [2.75, 3.05) is 0 Å². The molecule has 68 valence electrons. The third-order valence-corrected chi connectivity index (χ3v) is 2.10. The number of aryl methyl sites for hydroxylation is 2. The van der Waals surface area contributed by atoms with E-state index in [-0.39, 0.29) is 0 Å². The first-order chi connectivity index (χ1) is 6.31. The second-order valence-electron chi connectivity index (χ2n) is 3.20. The van der Waals surface area contributed by atoms with Gasteiger partial charge in [0.15, 0.2) is 0 Å². The Morgan fingerprint density at radius 2 is 2.31 bits per heavy atom. The van der Waals surface area contributed by atoms with Crippen molar-refractivity contribution in [2.45, 2.75) is 26.8 Å². The van der Waals surface area contributed by atoms with Crippen molar-refractivity contribution >= 4 is 11.0 Å². The van der Waals surface area contributed by atoms with Crippen LogP contribution in [0, 0.1) is 6.92 Å². The highest BCUT2D eigenvalue weighted by Crippen LogP contribution is 2.12. The first-order valence-corrected chi connectivity index (χ1v) is 4.59. The van der Waals surface area contributed by atoms with Crippen molar-refractivity contribution in [2.24, 2.45) is 0 Å². The predicted octanol–water partition coefficient (Wildman–Crippen LogP) is 2.15. The van der Waals surface area contributed by atoms with Gasteiger partial charge in [-0.25, -0.2) is 9.97 Å². The van der Waals surface area contributed by atoms with Gasteiger partial charge in [-0.1, -0.05) is 6.92 Å². The second kappa shape index (κ2) is 3.17. The summed E-state index contributed by atoms with van der Waals surface area (Å²) in [6.07, 6.45) is 5.10. The lowest BCUT2D eigenvalue weighted by atomic mass is 10.4. The Morgan fingerprint density at radius 1 is 1.46 bits per heavy atom. The molecule has 0 atom stereocenters. The van der Waals surface area contributed by atoms with E-state index in [1.54, 1.807) is 0 Å². The first-order valence-electron chi connectivity index (χ1n) is 4.59. The van der Waals surface area contributed by atoms with Crippen LogP contribution in [0.15, 0.2) is 18.5 Å². The molecule has 0 aliphatic carbocycles. The highest BCUT2D eigenvalue weighted by atomic mass is 15.0. The quantitative estimate of drug-likeness (QED) is 0.700. The molecule has 2 aromatic heterocycles. The van der Waals surface area contributed by atoms with E-state index in [4.69, 9.17) is 0 Å². The summed E-state index contributed by atoms with van der Waals surface area (Å²) in [5.41, 5.74) is 2.17. The van der Waals surface area contributed by atoms with Gasteiger partial charge < -0.3 is 4.57 Å². The van der Waals surface area contributed by atoms with Gasteiger partial charge in [0.05, 0.1) is 17.2 Å². The van der Waals surface area contributed by atoms with E-state index in [0.717, 1.165) is 29.8 Å². The molecule has 0 saturated heterocycles. The minimum atomic E-state index is 0.835. The third-order valence-electron chi connectivity index (χ3n) is 2.10. The van der Waals surface area contributed by atoms with Gasteiger partial charge >= 0.3 is 0 Å². The number of nitrogens with zero attached hydrogens (tertiary/aromatic N) is 3. The normalized spacial score (nSPS) is 10.9. The molecule has 0 saturated carbocycles. The van der Waals surface area contributed by atoms with Crippen LogP contribution < -0.4 is 0 Å². The Labute approximate surface area is 77.4 Å². The van der Waals surface area contributed by atoms with E-state index in [0.29, 0.717) is 0 Å². The monoisotopic (exact) mass is 175 g/mol. The van der Waals surface area contributed by atoms with Crippen LogP contribution in [0.4, 0.5) is 0 Å². The van der Waals surface area contributed by atoms with Gasteiger partial charge in [0, 0.05) is 12.7 Å². The summed E-state index contributed by atoms with van der Waals surface area (Å²) in [5.74, 6) is 0.835. The number of fused-ring (bicyclic) bond motifs is 1. The van der Waals surface area contributed by atoms with E-state index in [2.05, 4.69) is 27.7 Å². The Hall–Kier alpha value is -1.38. The van der Waals surface area contributed by atoms with Gasteiger partial charge in [-0.3, -0.25) is 0 Å². The SMILES string of the molecule is CCCn1ccc2nc(C)ncc21. The van der Waals surface area contributed by atoms with E-state index in [1.165, 1.54) is 0 Å². The number of hydrogen-bond donors (Lipinski definition) is 0. The highest BCUT2D eigenvalue weighted by molar-refractivity contribution is 5.74. The van der Waals surface area contributed by atoms with Crippen LogP contribution in [0.5, 0.6) is 0 Å². The average Bonchev–Trinajstić information content (AvgIpc) is 2.49. The topological polar surface area (TPSA) is 30.7 Å². The molecule has 0 spiro atoms. The molecular weight excluding hydrogens is 162 g/mol. The van der Waals surface area contributed by atoms with Crippen LogP contribution in [0.1, 0.15) is 19.2 Å². The molecule has 0 radical (unpaired) electrons. The summed E-state index contributed by atoms with van der Waals surface area (Å²) in [6, 6.07) is 2.04. The molecule has 0 bridgehead atoms. The molecule has 13 heavy (non-hydrogen) atoms. The van der Waals surface area contributed by atoms with Crippen LogP contribution in [0.3, 0.4) is 0 Å². The first kappa shape index (κ1) is 8.23. The van der Waals surface area contributed by atoms with Crippen LogP contribution in [-0.4, -0.2) is 14.5 Å². The molecule has 0 aliphatic rings. The minimum absolute atomic E-state index is 0.835. The molecule has 2 aromatic rings. The lowest BCUT2D eigenvalue weighted by Gasteiger charge is -2.01. The van der Waals surface area contributed by atoms with E-state index in [9.17, 15) is 0 Å². The van der Waals surface area contributed by atoms with Crippen molar-refractivity contribution in [3.05, 3.63) is 24.3 Å². The summed E-state index contributed by atoms with van der Waals surface area (Å²) >= 11 is 0. The van der Waals surface area contributed by atoms with Gasteiger partial charge in [0.2, 0.25) is 0 Å². The lowest BCUT2D eigenvalue weighted by molar-refractivity contribution is 0.702. The molecule has 0 fully saturated rings. The number of hydrogen-bond acceptors (Lipinski definition) is 2. The van der Waals surface area contributed by atoms with Gasteiger partial charge in [0.25, 0.3) is 0 Å². The molecule has 3 nitrogen and oxygen atoms in total. The van der Waals surface area contributed by atoms with E-state index >= 15 is 0 Å². The van der Waals surface area contributed by atoms with Crippen LogP contribution in [0.2, 0.25) is 0 Å². The van der Waals surface area contributed by atoms with Crippen LogP contribution >= 0.6 is 0 Å². The van der Waals surface area contributed by atoms with Crippen molar-refractivity contribution in [3.8, 4) is 0 Å². The highest BCUT2D eigenvalue weighted by Gasteiger charge is 2.01. The van der Waals surface area contributed by atoms with Crippen LogP contribution in [-0.2, 0) is 6.54 Å². The smallest absolute Gasteiger partial charge is 0.126 e. The molecular formula is C10H13N3. The van der Waals surface area contributed by atoms with Crippen molar-refractivity contribution in [3.63, 3.8) is 0 Å². The van der Waals surface area contributed by atoms with Gasteiger partial charge in [-0.05, 0) is 19.4 Å². The Bertz CT molecular complexity index is 417. The zero-order valence-corrected chi connectivity index (χ0v) is 7.99. The predicted molar refractivity (Wildman–Crippen MR) is 52.6 cm³/mol. The lowest BCUT2D eigenvalue weighted by Crippen LogP contribution is -1.95. The zero-order chi connectivity index (χ0) is 9.26. The summed E-state index contributed by atoms with van der Waals surface area (Å²) < 4.78 is 2.19. The maximum absolute atomic E-state index is 4.35. The summed E-state index contributed by atoms with van der Waals surface area (Å²) in [7, 11) is 0. The Kier molecular flexibility index (Phi) is 2.00. The molecule has 0 amide bonds. The average molecular weight is 175 g/mol. The van der Waals surface area contributed by atoms with Crippen LogP contribution in [0.25, 0.3) is 11.0 Å². The molecule has 0 aromatic carbocycles. The molecule has 0 unspecified atom stereocenters. The zero-order valence-electron chi connectivity index (χ0n) is 7.99. The number of rotatable bonds is 2. The minimum Gasteiger partial charge on any atom is -0.345 e. The fourth-order valence-electron chi connectivity index (χ4n) is 1.50. The summed E-state index contributed by atoms with van der Waals surface area (Å²) in [5, 5.41) is 0. The summed E-state index contributed by atoms with van der Waals surface area (Å²) in [4.78, 5) is 8.54. The fourth-order valence-corrected chi connectivity index (χ4v) is 1.50. The maximum atomic E-state index is 4.35. The Morgan fingerprint density at radius 3 is 3.08 bits per heavy atom. The van der Waals surface area contributed by atoms with E-state index < -0.39 is 0 Å².